The summed E-state index contributed by atoms with van der Waals surface area (Å²) in [4.78, 5) is 13.6. The normalized spacial score (nSPS) is 19.9. The molecule has 1 heterocycles. The zero-order chi connectivity index (χ0) is 11.8. The standard InChI is InChI=1S/C12H24N2O2.ClH/c1-3-4-5-8-16-10-12(15)14-7-6-13-11(2)9-14;/h11,13H,3-10H2,1-2H3;1H. The van der Waals surface area contributed by atoms with E-state index >= 15 is 0 Å². The molecule has 0 aliphatic carbocycles. The molecule has 102 valence electrons. The van der Waals surface area contributed by atoms with Crippen molar-refractivity contribution < 1.29 is 9.53 Å². The number of nitrogens with zero attached hydrogens (tertiary/aromatic N) is 1. The molecule has 1 aliphatic rings. The first-order valence-corrected chi connectivity index (χ1v) is 6.33. The molecule has 0 radical (unpaired) electrons. The first-order chi connectivity index (χ1) is 7.74. The number of ether oxygens (including phenoxy) is 1. The Balaban J connectivity index is 0.00000256. The quantitative estimate of drug-likeness (QED) is 0.738. The van der Waals surface area contributed by atoms with Crippen LogP contribution in [0.1, 0.15) is 33.1 Å². The maximum Gasteiger partial charge on any atom is 0.248 e. The monoisotopic (exact) mass is 264 g/mol. The molecule has 1 rings (SSSR count). The molecule has 17 heavy (non-hydrogen) atoms. The summed E-state index contributed by atoms with van der Waals surface area (Å²) in [5, 5.41) is 3.32. The number of halogens is 1. The third-order valence-corrected chi connectivity index (χ3v) is 2.84. The molecule has 0 aromatic rings. The minimum Gasteiger partial charge on any atom is -0.372 e. The SMILES string of the molecule is CCCCCOCC(=O)N1CCNC(C)C1.Cl. The molecule has 5 heteroatoms. The fourth-order valence-electron chi connectivity index (χ4n) is 1.86. The van der Waals surface area contributed by atoms with Crippen LogP contribution < -0.4 is 5.32 Å². The third kappa shape index (κ3) is 6.86. The summed E-state index contributed by atoms with van der Waals surface area (Å²) in [6.45, 7) is 7.72. The number of nitrogens with one attached hydrogen (secondary N) is 1. The van der Waals surface area contributed by atoms with Crippen LogP contribution in [0.5, 0.6) is 0 Å². The van der Waals surface area contributed by atoms with Gasteiger partial charge in [0.2, 0.25) is 5.91 Å². The summed E-state index contributed by atoms with van der Waals surface area (Å²) in [6, 6.07) is 0.401. The zero-order valence-electron chi connectivity index (χ0n) is 10.9. The number of carbonyl (C=O) groups is 1. The Bertz CT molecular complexity index is 215. The van der Waals surface area contributed by atoms with Gasteiger partial charge in [-0.2, -0.15) is 0 Å². The van der Waals surface area contributed by atoms with Crippen molar-refractivity contribution in [2.45, 2.75) is 39.2 Å². The van der Waals surface area contributed by atoms with E-state index in [-0.39, 0.29) is 24.9 Å². The molecule has 0 aromatic heterocycles. The lowest BCUT2D eigenvalue weighted by molar-refractivity contribution is -0.137. The maximum atomic E-state index is 11.7. The van der Waals surface area contributed by atoms with Crippen LogP contribution in [0.15, 0.2) is 0 Å². The van der Waals surface area contributed by atoms with E-state index in [2.05, 4.69) is 19.2 Å². The lowest BCUT2D eigenvalue weighted by Crippen LogP contribution is -2.52. The molecule has 1 N–H and O–H groups in total. The first kappa shape index (κ1) is 16.7. The number of hydrogen-bond acceptors (Lipinski definition) is 3. The van der Waals surface area contributed by atoms with Crippen LogP contribution >= 0.6 is 12.4 Å². The highest BCUT2D eigenvalue weighted by atomic mass is 35.5. The van der Waals surface area contributed by atoms with E-state index in [4.69, 9.17) is 4.74 Å². The van der Waals surface area contributed by atoms with Crippen molar-refractivity contribution in [2.75, 3.05) is 32.8 Å². The van der Waals surface area contributed by atoms with Crippen LogP contribution in [0.2, 0.25) is 0 Å². The number of piperazine rings is 1. The number of hydrogen-bond donors (Lipinski definition) is 1. The Kier molecular flexibility index (Phi) is 9.50. The summed E-state index contributed by atoms with van der Waals surface area (Å²) < 4.78 is 5.37. The van der Waals surface area contributed by atoms with Crippen molar-refractivity contribution >= 4 is 18.3 Å². The Morgan fingerprint density at radius 3 is 2.88 bits per heavy atom. The van der Waals surface area contributed by atoms with Crippen LogP contribution in [0.25, 0.3) is 0 Å². The van der Waals surface area contributed by atoms with E-state index in [1.165, 1.54) is 12.8 Å². The number of amides is 1. The molecule has 0 bridgehead atoms. The van der Waals surface area contributed by atoms with Crippen LogP contribution in [-0.4, -0.2) is 49.7 Å². The van der Waals surface area contributed by atoms with Crippen LogP contribution in [0.3, 0.4) is 0 Å². The summed E-state index contributed by atoms with van der Waals surface area (Å²) in [5.41, 5.74) is 0. The maximum absolute atomic E-state index is 11.7. The number of carbonyl (C=O) groups excluding carboxylic acids is 1. The van der Waals surface area contributed by atoms with E-state index in [1.54, 1.807) is 0 Å². The van der Waals surface area contributed by atoms with Gasteiger partial charge in [-0.05, 0) is 13.3 Å². The zero-order valence-corrected chi connectivity index (χ0v) is 11.7. The van der Waals surface area contributed by atoms with Crippen LogP contribution in [0, 0.1) is 0 Å². The minimum atomic E-state index is 0. The van der Waals surface area contributed by atoms with Gasteiger partial charge in [-0.3, -0.25) is 4.79 Å². The Morgan fingerprint density at radius 1 is 1.47 bits per heavy atom. The predicted octanol–water partition coefficient (Wildman–Crippen LogP) is 1.44. The highest BCUT2D eigenvalue weighted by Gasteiger charge is 2.19. The fourth-order valence-corrected chi connectivity index (χ4v) is 1.86. The van der Waals surface area contributed by atoms with Crippen molar-refractivity contribution in [2.24, 2.45) is 0 Å². The van der Waals surface area contributed by atoms with Crippen LogP contribution in [-0.2, 0) is 9.53 Å². The third-order valence-electron chi connectivity index (χ3n) is 2.84. The fraction of sp³-hybridized carbons (Fsp3) is 0.917. The molecule has 1 atom stereocenters. The van der Waals surface area contributed by atoms with E-state index in [1.807, 2.05) is 4.90 Å². The summed E-state index contributed by atoms with van der Waals surface area (Å²) in [5.74, 6) is 0.129. The van der Waals surface area contributed by atoms with Gasteiger partial charge in [0.05, 0.1) is 0 Å². The first-order valence-electron chi connectivity index (χ1n) is 6.33. The van der Waals surface area contributed by atoms with Gasteiger partial charge in [0, 0.05) is 32.3 Å². The average molecular weight is 265 g/mol. The Hall–Kier alpha value is -0.320. The van der Waals surface area contributed by atoms with Crippen molar-refractivity contribution in [3.8, 4) is 0 Å². The summed E-state index contributed by atoms with van der Waals surface area (Å²) in [7, 11) is 0. The topological polar surface area (TPSA) is 41.6 Å². The second-order valence-corrected chi connectivity index (χ2v) is 4.45. The van der Waals surface area contributed by atoms with Crippen molar-refractivity contribution in [3.05, 3.63) is 0 Å². The van der Waals surface area contributed by atoms with Gasteiger partial charge in [-0.25, -0.2) is 0 Å². The van der Waals surface area contributed by atoms with Gasteiger partial charge >= 0.3 is 0 Å². The van der Waals surface area contributed by atoms with Crippen molar-refractivity contribution in [1.82, 2.24) is 10.2 Å². The molecule has 0 spiro atoms. The second-order valence-electron chi connectivity index (χ2n) is 4.45. The minimum absolute atomic E-state index is 0. The predicted molar refractivity (Wildman–Crippen MR) is 71.6 cm³/mol. The van der Waals surface area contributed by atoms with E-state index < -0.39 is 0 Å². The molecule has 4 nitrogen and oxygen atoms in total. The average Bonchev–Trinajstić information content (AvgIpc) is 2.28. The molecule has 1 amide bonds. The van der Waals surface area contributed by atoms with Crippen molar-refractivity contribution in [1.29, 1.82) is 0 Å². The molecule has 0 aromatic carbocycles. The smallest absolute Gasteiger partial charge is 0.248 e. The van der Waals surface area contributed by atoms with Crippen molar-refractivity contribution in [3.63, 3.8) is 0 Å². The van der Waals surface area contributed by atoms with Gasteiger partial charge in [0.25, 0.3) is 0 Å². The van der Waals surface area contributed by atoms with Crippen LogP contribution in [0.4, 0.5) is 0 Å². The highest BCUT2D eigenvalue weighted by molar-refractivity contribution is 5.85. The summed E-state index contributed by atoms with van der Waals surface area (Å²) in [6.07, 6.45) is 3.42. The van der Waals surface area contributed by atoms with E-state index in [0.717, 1.165) is 26.1 Å². The molecule has 1 unspecified atom stereocenters. The largest absolute Gasteiger partial charge is 0.372 e. The van der Waals surface area contributed by atoms with E-state index in [0.29, 0.717) is 12.6 Å². The van der Waals surface area contributed by atoms with Gasteiger partial charge in [-0.1, -0.05) is 19.8 Å². The molecular weight excluding hydrogens is 240 g/mol. The lowest BCUT2D eigenvalue weighted by Gasteiger charge is -2.31. The van der Waals surface area contributed by atoms with E-state index in [9.17, 15) is 4.79 Å². The molecule has 1 aliphatic heterocycles. The Morgan fingerprint density at radius 2 is 2.24 bits per heavy atom. The number of rotatable bonds is 6. The number of unbranched alkanes of at least 4 members (excludes halogenated alkanes) is 2. The van der Waals surface area contributed by atoms with Gasteiger partial charge in [0.1, 0.15) is 6.61 Å². The Labute approximate surface area is 110 Å². The highest BCUT2D eigenvalue weighted by Crippen LogP contribution is 2.00. The van der Waals surface area contributed by atoms with Gasteiger partial charge in [-0.15, -0.1) is 12.4 Å². The second kappa shape index (κ2) is 9.68. The lowest BCUT2D eigenvalue weighted by atomic mass is 10.2. The molecule has 0 saturated carbocycles. The van der Waals surface area contributed by atoms with Gasteiger partial charge in [0.15, 0.2) is 0 Å². The summed E-state index contributed by atoms with van der Waals surface area (Å²) >= 11 is 0. The molecule has 1 saturated heterocycles. The van der Waals surface area contributed by atoms with Gasteiger partial charge < -0.3 is 15.0 Å². The molecular formula is C12H25ClN2O2. The molecule has 1 fully saturated rings.